The Morgan fingerprint density at radius 3 is 2.71 bits per heavy atom. The van der Waals surface area contributed by atoms with E-state index in [4.69, 9.17) is 9.26 Å². The lowest BCUT2D eigenvalue weighted by Gasteiger charge is -2.10. The number of hydrogen-bond donors (Lipinski definition) is 0. The largest absolute Gasteiger partial charge is 0.495 e. The van der Waals surface area contributed by atoms with E-state index in [1.165, 1.54) is 17.3 Å². The molecule has 0 unspecified atom stereocenters. The summed E-state index contributed by atoms with van der Waals surface area (Å²) in [6.45, 7) is 2.13. The van der Waals surface area contributed by atoms with Gasteiger partial charge in [-0.05, 0) is 24.1 Å². The summed E-state index contributed by atoms with van der Waals surface area (Å²) in [6, 6.07) is 15.9. The van der Waals surface area contributed by atoms with Gasteiger partial charge in [0.05, 0.1) is 18.6 Å². The predicted molar refractivity (Wildman–Crippen MR) is 107 cm³/mol. The molecule has 7 nitrogen and oxygen atoms in total. The molecule has 2 aromatic carbocycles. The number of aryl methyl sites for hydroxylation is 1. The Labute approximate surface area is 166 Å². The molecule has 0 bridgehead atoms. The molecule has 0 atom stereocenters. The van der Waals surface area contributed by atoms with Gasteiger partial charge in [-0.1, -0.05) is 60.2 Å². The molecule has 0 fully saturated rings. The fraction of sp³-hybridized carbons (Fsp3) is 0.200. The Bertz CT molecular complexity index is 1060. The van der Waals surface area contributed by atoms with Gasteiger partial charge in [0.15, 0.2) is 5.16 Å². The molecule has 0 aliphatic heterocycles. The van der Waals surface area contributed by atoms with Gasteiger partial charge in [-0.2, -0.15) is 4.98 Å². The molecule has 0 aliphatic carbocycles. The van der Waals surface area contributed by atoms with Gasteiger partial charge < -0.3 is 9.26 Å². The molecule has 4 aromatic rings. The number of para-hydroxylation sites is 2. The monoisotopic (exact) mass is 393 g/mol. The van der Waals surface area contributed by atoms with E-state index in [0.717, 1.165) is 28.6 Å². The standard InChI is InChI=1S/C20H19N5O2S/c1-3-14-8-10-15(11-9-14)19-22-18(27-24-19)12-28-20-23-21-13-25(20)16-6-4-5-7-17(16)26-2/h4-11,13H,3,12H2,1-2H3. The molecule has 0 saturated heterocycles. The van der Waals surface area contributed by atoms with Crippen molar-refractivity contribution in [3.63, 3.8) is 0 Å². The summed E-state index contributed by atoms with van der Waals surface area (Å²) < 4.78 is 12.7. The van der Waals surface area contributed by atoms with E-state index in [0.29, 0.717) is 17.5 Å². The minimum absolute atomic E-state index is 0.494. The highest BCUT2D eigenvalue weighted by Crippen LogP contribution is 2.28. The lowest BCUT2D eigenvalue weighted by atomic mass is 10.1. The van der Waals surface area contributed by atoms with E-state index >= 15 is 0 Å². The van der Waals surface area contributed by atoms with Crippen LogP contribution in [0.1, 0.15) is 18.4 Å². The molecule has 0 spiro atoms. The minimum atomic E-state index is 0.494. The fourth-order valence-corrected chi connectivity index (χ4v) is 3.52. The Morgan fingerprint density at radius 2 is 1.93 bits per heavy atom. The molecule has 2 heterocycles. The fourth-order valence-electron chi connectivity index (χ4n) is 2.76. The van der Waals surface area contributed by atoms with Gasteiger partial charge in [-0.15, -0.1) is 10.2 Å². The van der Waals surface area contributed by atoms with Gasteiger partial charge in [0.25, 0.3) is 0 Å². The van der Waals surface area contributed by atoms with Crippen LogP contribution in [-0.2, 0) is 12.2 Å². The first kappa shape index (κ1) is 18.2. The number of rotatable bonds is 7. The SMILES string of the molecule is CCc1ccc(-c2noc(CSc3nncn3-c3ccccc3OC)n2)cc1. The maximum absolute atomic E-state index is 5.43. The van der Waals surface area contributed by atoms with Crippen molar-refractivity contribution in [1.29, 1.82) is 0 Å². The predicted octanol–water partition coefficient (Wildman–Crippen LogP) is 4.18. The van der Waals surface area contributed by atoms with Crippen LogP contribution >= 0.6 is 11.8 Å². The smallest absolute Gasteiger partial charge is 0.237 e. The normalized spacial score (nSPS) is 10.9. The summed E-state index contributed by atoms with van der Waals surface area (Å²) in [5.74, 6) is 2.37. The summed E-state index contributed by atoms with van der Waals surface area (Å²) in [5, 5.41) is 13.0. The Hall–Kier alpha value is -3.13. The Kier molecular flexibility index (Phi) is 5.38. The van der Waals surface area contributed by atoms with Crippen molar-refractivity contribution in [2.75, 3.05) is 7.11 Å². The second-order valence-corrected chi connectivity index (χ2v) is 6.95. The van der Waals surface area contributed by atoms with Crippen molar-refractivity contribution in [3.05, 3.63) is 66.3 Å². The van der Waals surface area contributed by atoms with Gasteiger partial charge in [-0.3, -0.25) is 4.57 Å². The van der Waals surface area contributed by atoms with Gasteiger partial charge in [0.2, 0.25) is 11.7 Å². The van der Waals surface area contributed by atoms with Gasteiger partial charge >= 0.3 is 0 Å². The van der Waals surface area contributed by atoms with Crippen molar-refractivity contribution in [3.8, 4) is 22.8 Å². The number of aromatic nitrogens is 5. The summed E-state index contributed by atoms with van der Waals surface area (Å²) in [5.41, 5.74) is 3.09. The zero-order chi connectivity index (χ0) is 19.3. The summed E-state index contributed by atoms with van der Waals surface area (Å²) in [6.07, 6.45) is 2.66. The van der Waals surface area contributed by atoms with Gasteiger partial charge in [0, 0.05) is 5.56 Å². The van der Waals surface area contributed by atoms with Crippen LogP contribution in [0.15, 0.2) is 64.5 Å². The van der Waals surface area contributed by atoms with Crippen molar-refractivity contribution < 1.29 is 9.26 Å². The zero-order valence-corrected chi connectivity index (χ0v) is 16.4. The van der Waals surface area contributed by atoms with Crippen LogP contribution < -0.4 is 4.74 Å². The number of ether oxygens (including phenoxy) is 1. The van der Waals surface area contributed by atoms with Crippen LogP contribution in [0.2, 0.25) is 0 Å². The van der Waals surface area contributed by atoms with E-state index in [1.54, 1.807) is 13.4 Å². The van der Waals surface area contributed by atoms with Gasteiger partial charge in [-0.25, -0.2) is 0 Å². The second kappa shape index (κ2) is 8.26. The van der Waals surface area contributed by atoms with Crippen molar-refractivity contribution >= 4 is 11.8 Å². The maximum atomic E-state index is 5.43. The van der Waals surface area contributed by atoms with E-state index in [1.807, 2.05) is 41.0 Å². The third-order valence-electron chi connectivity index (χ3n) is 4.27. The number of hydrogen-bond acceptors (Lipinski definition) is 7. The molecule has 142 valence electrons. The highest BCUT2D eigenvalue weighted by atomic mass is 32.2. The summed E-state index contributed by atoms with van der Waals surface area (Å²) in [7, 11) is 1.64. The van der Waals surface area contributed by atoms with Crippen LogP contribution in [0.5, 0.6) is 5.75 Å². The molecule has 0 amide bonds. The number of methoxy groups -OCH3 is 1. The lowest BCUT2D eigenvalue weighted by molar-refractivity contribution is 0.391. The average Bonchev–Trinajstić information content (AvgIpc) is 3.41. The molecule has 0 aliphatic rings. The molecule has 0 radical (unpaired) electrons. The highest BCUT2D eigenvalue weighted by molar-refractivity contribution is 7.98. The quantitative estimate of drug-likeness (QED) is 0.436. The highest BCUT2D eigenvalue weighted by Gasteiger charge is 2.14. The molecule has 0 N–H and O–H groups in total. The van der Waals surface area contributed by atoms with E-state index in [-0.39, 0.29) is 0 Å². The molecule has 28 heavy (non-hydrogen) atoms. The maximum Gasteiger partial charge on any atom is 0.237 e. The van der Waals surface area contributed by atoms with Crippen LogP contribution in [0.3, 0.4) is 0 Å². The van der Waals surface area contributed by atoms with Crippen LogP contribution in [-0.4, -0.2) is 32.0 Å². The summed E-state index contributed by atoms with van der Waals surface area (Å²) >= 11 is 1.47. The first-order valence-corrected chi connectivity index (χ1v) is 9.85. The molecule has 8 heteroatoms. The number of thioether (sulfide) groups is 1. The summed E-state index contributed by atoms with van der Waals surface area (Å²) in [4.78, 5) is 4.49. The van der Waals surface area contributed by atoms with E-state index < -0.39 is 0 Å². The first-order valence-electron chi connectivity index (χ1n) is 8.86. The van der Waals surface area contributed by atoms with Crippen molar-refractivity contribution in [2.24, 2.45) is 0 Å². The Morgan fingerprint density at radius 1 is 1.11 bits per heavy atom. The number of nitrogens with zero attached hydrogens (tertiary/aromatic N) is 5. The lowest BCUT2D eigenvalue weighted by Crippen LogP contribution is -1.98. The van der Waals surface area contributed by atoms with E-state index in [2.05, 4.69) is 39.4 Å². The average molecular weight is 393 g/mol. The second-order valence-electron chi connectivity index (χ2n) is 6.01. The molecule has 0 saturated carbocycles. The topological polar surface area (TPSA) is 78.9 Å². The third-order valence-corrected chi connectivity index (χ3v) is 5.20. The van der Waals surface area contributed by atoms with Crippen LogP contribution in [0, 0.1) is 0 Å². The number of benzene rings is 2. The minimum Gasteiger partial charge on any atom is -0.495 e. The molecular formula is C20H19N5O2S. The zero-order valence-electron chi connectivity index (χ0n) is 15.6. The van der Waals surface area contributed by atoms with Crippen LogP contribution in [0.4, 0.5) is 0 Å². The van der Waals surface area contributed by atoms with E-state index in [9.17, 15) is 0 Å². The van der Waals surface area contributed by atoms with Crippen molar-refractivity contribution in [1.82, 2.24) is 24.9 Å². The van der Waals surface area contributed by atoms with Crippen LogP contribution in [0.25, 0.3) is 17.1 Å². The molecule has 4 rings (SSSR count). The van der Waals surface area contributed by atoms with Gasteiger partial charge in [0.1, 0.15) is 12.1 Å². The Balaban J connectivity index is 1.49. The van der Waals surface area contributed by atoms with Crippen molar-refractivity contribution in [2.45, 2.75) is 24.3 Å². The molecule has 2 aromatic heterocycles. The third kappa shape index (κ3) is 3.77. The molecular weight excluding hydrogens is 374 g/mol. The first-order chi connectivity index (χ1) is 13.8.